The summed E-state index contributed by atoms with van der Waals surface area (Å²) in [5, 5.41) is 2.68. The van der Waals surface area contributed by atoms with E-state index in [4.69, 9.17) is 14.2 Å². The number of esters is 1. The average molecular weight is 357 g/mol. The maximum atomic E-state index is 12.1. The highest BCUT2D eigenvalue weighted by Crippen LogP contribution is 2.16. The van der Waals surface area contributed by atoms with Gasteiger partial charge >= 0.3 is 5.97 Å². The molecule has 2 aromatic rings. The molecule has 0 unspecified atom stereocenters. The van der Waals surface area contributed by atoms with Gasteiger partial charge in [-0.1, -0.05) is 12.1 Å². The highest BCUT2D eigenvalue weighted by Gasteiger charge is 2.18. The number of aryl methyl sites for hydroxylation is 1. The molecule has 1 N–H and O–H groups in total. The van der Waals surface area contributed by atoms with Crippen LogP contribution < -0.4 is 14.8 Å². The Balaban J connectivity index is 1.73. The van der Waals surface area contributed by atoms with Crippen molar-refractivity contribution in [3.8, 4) is 11.5 Å². The lowest BCUT2D eigenvalue weighted by Gasteiger charge is -2.14. The van der Waals surface area contributed by atoms with Gasteiger partial charge in [0.05, 0.1) is 20.1 Å². The number of rotatable bonds is 8. The zero-order chi connectivity index (χ0) is 18.9. The van der Waals surface area contributed by atoms with E-state index in [9.17, 15) is 9.59 Å². The number of ether oxygens (including phenoxy) is 3. The average Bonchev–Trinajstić information content (AvgIpc) is 2.62. The standard InChI is InChI=1S/C20H23NO5/c1-14-5-4-6-18(13-14)25-12-11-19(22)26-15(2)20(23)21-16-7-9-17(24-3)10-8-16/h4-10,13,15H,11-12H2,1-3H3,(H,21,23)/t15-/m0/s1. The van der Waals surface area contributed by atoms with Gasteiger partial charge in [-0.2, -0.15) is 0 Å². The van der Waals surface area contributed by atoms with Crippen LogP contribution >= 0.6 is 0 Å². The first-order valence-electron chi connectivity index (χ1n) is 8.32. The predicted octanol–water partition coefficient (Wildman–Crippen LogP) is 3.34. The smallest absolute Gasteiger partial charge is 0.310 e. The highest BCUT2D eigenvalue weighted by molar-refractivity contribution is 5.95. The van der Waals surface area contributed by atoms with E-state index in [0.29, 0.717) is 17.2 Å². The molecule has 0 aliphatic rings. The number of hydrogen-bond acceptors (Lipinski definition) is 5. The SMILES string of the molecule is COc1ccc(NC(=O)[C@H](C)OC(=O)CCOc2cccc(C)c2)cc1. The monoisotopic (exact) mass is 357 g/mol. The Bertz CT molecular complexity index is 742. The Hall–Kier alpha value is -3.02. The lowest BCUT2D eigenvalue weighted by Crippen LogP contribution is -2.30. The van der Waals surface area contributed by atoms with Gasteiger partial charge < -0.3 is 19.5 Å². The maximum Gasteiger partial charge on any atom is 0.310 e. The van der Waals surface area contributed by atoms with Gasteiger partial charge in [-0.25, -0.2) is 0 Å². The number of nitrogens with one attached hydrogen (secondary N) is 1. The first-order chi connectivity index (χ1) is 12.5. The third-order valence-electron chi connectivity index (χ3n) is 3.60. The van der Waals surface area contributed by atoms with E-state index in [1.54, 1.807) is 31.4 Å². The van der Waals surface area contributed by atoms with E-state index in [1.807, 2.05) is 31.2 Å². The van der Waals surface area contributed by atoms with Gasteiger partial charge in [0.2, 0.25) is 0 Å². The largest absolute Gasteiger partial charge is 0.497 e. The van der Waals surface area contributed by atoms with Crippen molar-refractivity contribution in [1.29, 1.82) is 0 Å². The van der Waals surface area contributed by atoms with Gasteiger partial charge in [0.25, 0.3) is 5.91 Å². The predicted molar refractivity (Wildman–Crippen MR) is 98.5 cm³/mol. The molecule has 0 radical (unpaired) electrons. The number of methoxy groups -OCH3 is 1. The second-order valence-electron chi connectivity index (χ2n) is 5.76. The molecule has 0 saturated carbocycles. The molecule has 0 fully saturated rings. The van der Waals surface area contributed by atoms with Crippen LogP contribution in [-0.4, -0.2) is 31.7 Å². The quantitative estimate of drug-likeness (QED) is 0.734. The van der Waals surface area contributed by atoms with Crippen LogP contribution in [0.15, 0.2) is 48.5 Å². The van der Waals surface area contributed by atoms with Crippen LogP contribution in [0, 0.1) is 6.92 Å². The van der Waals surface area contributed by atoms with Gasteiger partial charge in [-0.05, 0) is 55.8 Å². The minimum Gasteiger partial charge on any atom is -0.497 e. The van der Waals surface area contributed by atoms with E-state index < -0.39 is 18.0 Å². The number of hydrogen-bond donors (Lipinski definition) is 1. The molecular weight excluding hydrogens is 334 g/mol. The van der Waals surface area contributed by atoms with Crippen molar-refractivity contribution in [2.45, 2.75) is 26.4 Å². The van der Waals surface area contributed by atoms with Crippen LogP contribution in [0.5, 0.6) is 11.5 Å². The van der Waals surface area contributed by atoms with Crippen molar-refractivity contribution >= 4 is 17.6 Å². The molecular formula is C20H23NO5. The molecule has 138 valence electrons. The molecule has 0 aliphatic carbocycles. The summed E-state index contributed by atoms with van der Waals surface area (Å²) in [6, 6.07) is 14.4. The topological polar surface area (TPSA) is 73.9 Å². The van der Waals surface area contributed by atoms with Crippen LogP contribution in [0.2, 0.25) is 0 Å². The first kappa shape index (κ1) is 19.3. The fourth-order valence-corrected chi connectivity index (χ4v) is 2.19. The second kappa shape index (κ2) is 9.46. The number of benzene rings is 2. The summed E-state index contributed by atoms with van der Waals surface area (Å²) in [7, 11) is 1.57. The summed E-state index contributed by atoms with van der Waals surface area (Å²) < 4.78 is 15.7. The summed E-state index contributed by atoms with van der Waals surface area (Å²) in [5.74, 6) is 0.498. The first-order valence-corrected chi connectivity index (χ1v) is 8.32. The molecule has 1 atom stereocenters. The van der Waals surface area contributed by atoms with Crippen molar-refractivity contribution in [2.75, 3.05) is 19.0 Å². The van der Waals surface area contributed by atoms with Crippen LogP contribution in [0.25, 0.3) is 0 Å². The normalized spacial score (nSPS) is 11.3. The van der Waals surface area contributed by atoms with E-state index >= 15 is 0 Å². The molecule has 2 aromatic carbocycles. The fourth-order valence-electron chi connectivity index (χ4n) is 2.19. The summed E-state index contributed by atoms with van der Waals surface area (Å²) in [6.45, 7) is 3.68. The Morgan fingerprint density at radius 1 is 1.08 bits per heavy atom. The molecule has 0 heterocycles. The van der Waals surface area contributed by atoms with Crippen LogP contribution in [-0.2, 0) is 14.3 Å². The minimum absolute atomic E-state index is 0.0636. The van der Waals surface area contributed by atoms with Crippen molar-refractivity contribution < 1.29 is 23.8 Å². The lowest BCUT2D eigenvalue weighted by molar-refractivity contribution is -0.153. The third-order valence-corrected chi connectivity index (χ3v) is 3.60. The van der Waals surface area contributed by atoms with Crippen molar-refractivity contribution in [3.63, 3.8) is 0 Å². The molecule has 6 nitrogen and oxygen atoms in total. The van der Waals surface area contributed by atoms with Gasteiger partial charge in [0.15, 0.2) is 6.10 Å². The molecule has 0 saturated heterocycles. The zero-order valence-electron chi connectivity index (χ0n) is 15.2. The van der Waals surface area contributed by atoms with Crippen molar-refractivity contribution in [2.24, 2.45) is 0 Å². The lowest BCUT2D eigenvalue weighted by atomic mass is 10.2. The van der Waals surface area contributed by atoms with E-state index in [0.717, 1.165) is 5.56 Å². The highest BCUT2D eigenvalue weighted by atomic mass is 16.5. The molecule has 6 heteroatoms. The fraction of sp³-hybridized carbons (Fsp3) is 0.300. The van der Waals surface area contributed by atoms with Gasteiger partial charge in [-0.3, -0.25) is 9.59 Å². The Morgan fingerprint density at radius 2 is 1.81 bits per heavy atom. The summed E-state index contributed by atoms with van der Waals surface area (Å²) in [4.78, 5) is 23.9. The van der Waals surface area contributed by atoms with Crippen molar-refractivity contribution in [1.82, 2.24) is 0 Å². The summed E-state index contributed by atoms with van der Waals surface area (Å²) >= 11 is 0. The number of amides is 1. The zero-order valence-corrected chi connectivity index (χ0v) is 15.2. The van der Waals surface area contributed by atoms with Gasteiger partial charge in [0.1, 0.15) is 11.5 Å². The van der Waals surface area contributed by atoms with Gasteiger partial charge in [-0.15, -0.1) is 0 Å². The molecule has 0 aromatic heterocycles. The number of carbonyl (C=O) groups is 2. The number of carbonyl (C=O) groups excluding carboxylic acids is 2. The number of anilines is 1. The molecule has 2 rings (SSSR count). The van der Waals surface area contributed by atoms with E-state index in [2.05, 4.69) is 5.32 Å². The molecule has 0 spiro atoms. The molecule has 0 bridgehead atoms. The summed E-state index contributed by atoms with van der Waals surface area (Å²) in [6.07, 6.45) is -0.836. The van der Waals surface area contributed by atoms with Crippen LogP contribution in [0.4, 0.5) is 5.69 Å². The van der Waals surface area contributed by atoms with Crippen molar-refractivity contribution in [3.05, 3.63) is 54.1 Å². The Labute approximate surface area is 153 Å². The van der Waals surface area contributed by atoms with Crippen LogP contribution in [0.1, 0.15) is 18.9 Å². The van der Waals surface area contributed by atoms with E-state index in [-0.39, 0.29) is 13.0 Å². The summed E-state index contributed by atoms with van der Waals surface area (Å²) in [5.41, 5.74) is 1.68. The third kappa shape index (κ3) is 6.12. The Kier molecular flexibility index (Phi) is 7.02. The molecule has 0 aliphatic heterocycles. The van der Waals surface area contributed by atoms with Crippen LogP contribution in [0.3, 0.4) is 0 Å². The van der Waals surface area contributed by atoms with E-state index in [1.165, 1.54) is 6.92 Å². The second-order valence-corrected chi connectivity index (χ2v) is 5.76. The maximum absolute atomic E-state index is 12.1. The Morgan fingerprint density at radius 3 is 2.46 bits per heavy atom. The molecule has 26 heavy (non-hydrogen) atoms. The molecule has 1 amide bonds. The van der Waals surface area contributed by atoms with Gasteiger partial charge in [0, 0.05) is 5.69 Å². The minimum atomic E-state index is -0.899.